The van der Waals surface area contributed by atoms with Crippen LogP contribution >= 0.6 is 11.3 Å². The van der Waals surface area contributed by atoms with E-state index in [9.17, 15) is 22.7 Å². The molecule has 0 radical (unpaired) electrons. The topological polar surface area (TPSA) is 95.5 Å². The molecule has 0 aliphatic heterocycles. The average Bonchev–Trinajstić information content (AvgIpc) is 3.19. The molecule has 2 aromatic carbocycles. The smallest absolute Gasteiger partial charge is 0.271 e. The van der Waals surface area contributed by atoms with Gasteiger partial charge in [-0.2, -0.15) is 0 Å². The number of amides is 1. The zero-order chi connectivity index (χ0) is 20.1. The van der Waals surface area contributed by atoms with Gasteiger partial charge in [0.1, 0.15) is 15.8 Å². The summed E-state index contributed by atoms with van der Waals surface area (Å²) in [6, 6.07) is 13.2. The normalized spacial score (nSPS) is 11.2. The number of sulfonamides is 1. The Bertz CT molecular complexity index is 1080. The zero-order valence-electron chi connectivity index (χ0n) is 14.6. The van der Waals surface area contributed by atoms with Crippen molar-refractivity contribution in [1.82, 2.24) is 5.32 Å². The maximum Gasteiger partial charge on any atom is 0.271 e. The number of carbonyl (C=O) groups is 1. The highest BCUT2D eigenvalue weighted by Gasteiger charge is 2.17. The molecule has 0 saturated heterocycles. The number of carbonyl (C=O) groups excluding carboxylic acids is 1. The maximum atomic E-state index is 13.6. The number of anilines is 1. The van der Waals surface area contributed by atoms with Crippen molar-refractivity contribution in [2.45, 2.75) is 10.6 Å². The lowest BCUT2D eigenvalue weighted by atomic mass is 10.1. The summed E-state index contributed by atoms with van der Waals surface area (Å²) in [6.45, 7) is 0.186. The third-order valence-corrected chi connectivity index (χ3v) is 6.67. The molecule has 0 bridgehead atoms. The van der Waals surface area contributed by atoms with Crippen LogP contribution in [0.1, 0.15) is 15.9 Å². The molecule has 9 heteroatoms. The highest BCUT2D eigenvalue weighted by atomic mass is 32.2. The van der Waals surface area contributed by atoms with E-state index in [0.717, 1.165) is 17.4 Å². The van der Waals surface area contributed by atoms with E-state index in [2.05, 4.69) is 10.0 Å². The number of halogens is 1. The van der Waals surface area contributed by atoms with Crippen molar-refractivity contribution in [2.75, 3.05) is 11.3 Å². The molecule has 1 heterocycles. The molecule has 3 N–H and O–H groups in total. The molecule has 3 rings (SSSR count). The highest BCUT2D eigenvalue weighted by Crippen LogP contribution is 2.25. The van der Waals surface area contributed by atoms with Gasteiger partial charge in [-0.25, -0.2) is 12.8 Å². The van der Waals surface area contributed by atoms with Crippen molar-refractivity contribution in [3.63, 3.8) is 0 Å². The maximum absolute atomic E-state index is 13.6. The van der Waals surface area contributed by atoms with Gasteiger partial charge in [0, 0.05) is 12.6 Å². The van der Waals surface area contributed by atoms with Crippen LogP contribution < -0.4 is 10.0 Å². The van der Waals surface area contributed by atoms with Crippen LogP contribution in [-0.2, 0) is 16.4 Å². The van der Waals surface area contributed by atoms with Gasteiger partial charge < -0.3 is 10.4 Å². The minimum absolute atomic E-state index is 0.00685. The first-order valence-corrected chi connectivity index (χ1v) is 10.6. The fraction of sp³-hybridized carbons (Fsp3) is 0.105. The van der Waals surface area contributed by atoms with Crippen molar-refractivity contribution in [3.05, 3.63) is 76.9 Å². The van der Waals surface area contributed by atoms with Gasteiger partial charge in [-0.05, 0) is 41.6 Å². The Morgan fingerprint density at radius 1 is 1.11 bits per heavy atom. The molecule has 1 aromatic heterocycles. The van der Waals surface area contributed by atoms with Crippen LogP contribution in [0.3, 0.4) is 0 Å². The van der Waals surface area contributed by atoms with E-state index in [1.807, 2.05) is 0 Å². The Hall–Kier alpha value is -2.91. The highest BCUT2D eigenvalue weighted by molar-refractivity contribution is 7.94. The molecule has 1 amide bonds. The van der Waals surface area contributed by atoms with Crippen LogP contribution in [0.2, 0.25) is 0 Å². The lowest BCUT2D eigenvalue weighted by Gasteiger charge is -2.10. The molecule has 0 aliphatic carbocycles. The number of phenolic OH excluding ortho intramolecular Hbond substituents is 1. The summed E-state index contributed by atoms with van der Waals surface area (Å²) in [6.07, 6.45) is 0.303. The van der Waals surface area contributed by atoms with Crippen molar-refractivity contribution >= 4 is 33.0 Å². The number of benzene rings is 2. The van der Waals surface area contributed by atoms with Crippen LogP contribution in [0.5, 0.6) is 5.75 Å². The van der Waals surface area contributed by atoms with Gasteiger partial charge >= 0.3 is 0 Å². The first-order valence-electron chi connectivity index (χ1n) is 8.28. The van der Waals surface area contributed by atoms with Gasteiger partial charge in [0.2, 0.25) is 0 Å². The van der Waals surface area contributed by atoms with E-state index < -0.39 is 15.9 Å². The van der Waals surface area contributed by atoms with Crippen LogP contribution in [0.4, 0.5) is 10.1 Å². The molecular weight excluding hydrogens is 403 g/mol. The van der Waals surface area contributed by atoms with Gasteiger partial charge in [0.15, 0.2) is 0 Å². The number of rotatable bonds is 7. The van der Waals surface area contributed by atoms with Crippen LogP contribution in [0, 0.1) is 5.82 Å². The first-order chi connectivity index (χ1) is 13.4. The minimum atomic E-state index is -3.75. The molecule has 0 saturated carbocycles. The number of hydrogen-bond acceptors (Lipinski definition) is 5. The summed E-state index contributed by atoms with van der Waals surface area (Å²) in [5, 5.41) is 14.3. The molecule has 28 heavy (non-hydrogen) atoms. The summed E-state index contributed by atoms with van der Waals surface area (Å²) in [5.74, 6) is -1.25. The van der Waals surface area contributed by atoms with Crippen molar-refractivity contribution in [1.29, 1.82) is 0 Å². The lowest BCUT2D eigenvalue weighted by molar-refractivity contribution is 0.0951. The van der Waals surface area contributed by atoms with E-state index in [-0.39, 0.29) is 33.6 Å². The number of thiophene rings is 1. The van der Waals surface area contributed by atoms with Gasteiger partial charge in [-0.3, -0.25) is 9.52 Å². The summed E-state index contributed by atoms with van der Waals surface area (Å²) in [5.41, 5.74) is 0.603. The zero-order valence-corrected chi connectivity index (χ0v) is 16.2. The molecule has 146 valence electrons. The van der Waals surface area contributed by atoms with Crippen LogP contribution in [-0.4, -0.2) is 26.0 Å². The molecule has 3 aromatic rings. The summed E-state index contributed by atoms with van der Waals surface area (Å²) in [4.78, 5) is 12.2. The van der Waals surface area contributed by atoms with Crippen molar-refractivity contribution in [2.24, 2.45) is 0 Å². The lowest BCUT2D eigenvalue weighted by Crippen LogP contribution is -2.26. The quantitative estimate of drug-likeness (QED) is 0.546. The molecule has 0 aliphatic rings. The molecular formula is C19H17FN2O4S2. The van der Waals surface area contributed by atoms with Gasteiger partial charge in [0.25, 0.3) is 15.9 Å². The largest absolute Gasteiger partial charge is 0.507 e. The van der Waals surface area contributed by atoms with Gasteiger partial charge in [0.05, 0.1) is 11.3 Å². The van der Waals surface area contributed by atoms with E-state index in [4.69, 9.17) is 0 Å². The second kappa shape index (κ2) is 8.41. The fourth-order valence-electron chi connectivity index (χ4n) is 2.52. The second-order valence-electron chi connectivity index (χ2n) is 5.87. The Kier molecular flexibility index (Phi) is 5.96. The standard InChI is InChI=1S/C19H17FN2O4S2/c20-16-5-2-1-4-13(16)9-10-21-19(24)15-8-7-14(12-17(15)23)22-28(25,26)18-6-3-11-27-18/h1-8,11-12,22-23H,9-10H2,(H,21,24). The second-order valence-corrected chi connectivity index (χ2v) is 8.72. The Balaban J connectivity index is 1.63. The number of hydrogen-bond donors (Lipinski definition) is 3. The number of aromatic hydroxyl groups is 1. The summed E-state index contributed by atoms with van der Waals surface area (Å²) < 4.78 is 40.5. The predicted octanol–water partition coefficient (Wildman–Crippen LogP) is 3.37. The Morgan fingerprint density at radius 2 is 1.89 bits per heavy atom. The molecule has 0 fully saturated rings. The van der Waals surface area contributed by atoms with E-state index in [1.54, 1.807) is 29.6 Å². The molecule has 0 spiro atoms. The Morgan fingerprint density at radius 3 is 2.57 bits per heavy atom. The average molecular weight is 420 g/mol. The summed E-state index contributed by atoms with van der Waals surface area (Å²) >= 11 is 1.07. The van der Waals surface area contributed by atoms with Crippen molar-refractivity contribution in [3.8, 4) is 5.75 Å². The Labute approximate surface area is 165 Å². The van der Waals surface area contributed by atoms with E-state index >= 15 is 0 Å². The van der Waals surface area contributed by atoms with Crippen molar-refractivity contribution < 1.29 is 22.7 Å². The minimum Gasteiger partial charge on any atom is -0.507 e. The third kappa shape index (κ3) is 4.68. The van der Waals surface area contributed by atoms with Gasteiger partial charge in [-0.15, -0.1) is 11.3 Å². The third-order valence-electron chi connectivity index (χ3n) is 3.89. The predicted molar refractivity (Wildman–Crippen MR) is 106 cm³/mol. The summed E-state index contributed by atoms with van der Waals surface area (Å²) in [7, 11) is -3.75. The first kappa shape index (κ1) is 19.8. The van der Waals surface area contributed by atoms with Gasteiger partial charge in [-0.1, -0.05) is 24.3 Å². The molecule has 0 atom stereocenters. The number of phenols is 1. The van der Waals surface area contributed by atoms with E-state index in [1.165, 1.54) is 24.3 Å². The monoisotopic (exact) mass is 420 g/mol. The van der Waals surface area contributed by atoms with Crippen LogP contribution in [0.25, 0.3) is 0 Å². The molecule has 6 nitrogen and oxygen atoms in total. The molecule has 0 unspecified atom stereocenters. The number of nitrogens with one attached hydrogen (secondary N) is 2. The van der Waals surface area contributed by atoms with E-state index in [0.29, 0.717) is 12.0 Å². The van der Waals surface area contributed by atoms with Crippen LogP contribution in [0.15, 0.2) is 64.2 Å². The fourth-order valence-corrected chi connectivity index (χ4v) is 4.56. The SMILES string of the molecule is O=C(NCCc1ccccc1F)c1ccc(NS(=O)(=O)c2cccs2)cc1O.